The number of aromatic nitrogens is 2. The Balaban J connectivity index is 1.85. The van der Waals surface area contributed by atoms with E-state index in [0.29, 0.717) is 19.6 Å². The van der Waals surface area contributed by atoms with E-state index in [1.165, 1.54) is 0 Å². The monoisotopic (exact) mass is 316 g/mol. The van der Waals surface area contributed by atoms with Crippen LogP contribution in [0.5, 0.6) is 0 Å². The molecule has 2 fully saturated rings. The summed E-state index contributed by atoms with van der Waals surface area (Å²) >= 11 is 3.38. The maximum Gasteiger partial charge on any atom is 0.1000 e. The van der Waals surface area contributed by atoms with Crippen LogP contribution in [-0.4, -0.2) is 45.4 Å². The van der Waals surface area contributed by atoms with Crippen molar-refractivity contribution in [2.45, 2.75) is 30.9 Å². The van der Waals surface area contributed by atoms with Gasteiger partial charge in [-0.1, -0.05) is 0 Å². The molecule has 2 heterocycles. The molecule has 100 valence electrons. The molecule has 0 spiro atoms. The van der Waals surface area contributed by atoms with Gasteiger partial charge in [-0.2, -0.15) is 5.10 Å². The van der Waals surface area contributed by atoms with E-state index in [4.69, 9.17) is 4.74 Å². The SMILES string of the molecule is OC[C@@]12CCC(n3cc(Br)cn3)C[C@]1(O)COC2. The molecule has 18 heavy (non-hydrogen) atoms. The van der Waals surface area contributed by atoms with Gasteiger partial charge in [0.1, 0.15) is 0 Å². The van der Waals surface area contributed by atoms with E-state index in [1.807, 2.05) is 10.9 Å². The summed E-state index contributed by atoms with van der Waals surface area (Å²) in [7, 11) is 0. The maximum absolute atomic E-state index is 10.8. The number of hydrogen-bond acceptors (Lipinski definition) is 4. The van der Waals surface area contributed by atoms with E-state index in [-0.39, 0.29) is 12.6 Å². The molecule has 2 aliphatic rings. The summed E-state index contributed by atoms with van der Waals surface area (Å²) in [5.41, 5.74) is -1.41. The van der Waals surface area contributed by atoms with Gasteiger partial charge in [-0.15, -0.1) is 0 Å². The molecule has 0 amide bonds. The number of aliphatic hydroxyl groups excluding tert-OH is 1. The lowest BCUT2D eigenvalue weighted by atomic mass is 9.64. The van der Waals surface area contributed by atoms with Crippen molar-refractivity contribution in [2.75, 3.05) is 19.8 Å². The number of hydrogen-bond donors (Lipinski definition) is 2. The molecule has 5 nitrogen and oxygen atoms in total. The predicted octanol–water partition coefficient (Wildman–Crippen LogP) is 1.11. The Labute approximate surface area is 114 Å². The topological polar surface area (TPSA) is 67.5 Å². The lowest BCUT2D eigenvalue weighted by Crippen LogP contribution is -2.54. The molecule has 2 N–H and O–H groups in total. The molecule has 3 rings (SSSR count). The van der Waals surface area contributed by atoms with Crippen LogP contribution in [0, 0.1) is 5.41 Å². The zero-order chi connectivity index (χ0) is 12.8. The number of rotatable bonds is 2. The van der Waals surface area contributed by atoms with Crippen LogP contribution in [0.1, 0.15) is 25.3 Å². The van der Waals surface area contributed by atoms with Gasteiger partial charge in [0.2, 0.25) is 0 Å². The largest absolute Gasteiger partial charge is 0.396 e. The molecule has 1 saturated carbocycles. The fraction of sp³-hybridized carbons (Fsp3) is 0.750. The summed E-state index contributed by atoms with van der Waals surface area (Å²) in [6.07, 6.45) is 5.93. The molecule has 1 aliphatic carbocycles. The zero-order valence-electron chi connectivity index (χ0n) is 10.0. The quantitative estimate of drug-likeness (QED) is 0.857. The highest BCUT2D eigenvalue weighted by molar-refractivity contribution is 9.10. The summed E-state index contributed by atoms with van der Waals surface area (Å²) in [5, 5.41) is 24.7. The molecule has 0 bridgehead atoms. The first kappa shape index (κ1) is 12.6. The molecule has 3 atom stereocenters. The fourth-order valence-corrected chi connectivity index (χ4v) is 3.53. The molecule has 1 aliphatic heterocycles. The average molecular weight is 317 g/mol. The predicted molar refractivity (Wildman–Crippen MR) is 68.1 cm³/mol. The molecule has 6 heteroatoms. The minimum atomic E-state index is -0.927. The van der Waals surface area contributed by atoms with Gasteiger partial charge in [-0.25, -0.2) is 0 Å². The third-order valence-electron chi connectivity index (χ3n) is 4.48. The first-order valence-corrected chi connectivity index (χ1v) is 6.99. The summed E-state index contributed by atoms with van der Waals surface area (Å²) in [6.45, 7) is 0.751. The molecule has 1 aromatic heterocycles. The van der Waals surface area contributed by atoms with E-state index >= 15 is 0 Å². The fourth-order valence-electron chi connectivity index (χ4n) is 3.23. The Hall–Kier alpha value is -0.430. The van der Waals surface area contributed by atoms with Crippen molar-refractivity contribution >= 4 is 15.9 Å². The highest BCUT2D eigenvalue weighted by Gasteiger charge is 2.58. The van der Waals surface area contributed by atoms with Crippen molar-refractivity contribution in [3.8, 4) is 0 Å². The number of halogens is 1. The lowest BCUT2D eigenvalue weighted by Gasteiger charge is -2.45. The number of nitrogens with zero attached hydrogens (tertiary/aromatic N) is 2. The van der Waals surface area contributed by atoms with Gasteiger partial charge in [0, 0.05) is 18.0 Å². The van der Waals surface area contributed by atoms with Crippen LogP contribution < -0.4 is 0 Å². The normalized spacial score (nSPS) is 39.8. The second-order valence-electron chi connectivity index (χ2n) is 5.50. The van der Waals surface area contributed by atoms with Crippen molar-refractivity contribution in [2.24, 2.45) is 5.41 Å². The summed E-state index contributed by atoms with van der Waals surface area (Å²) in [6, 6.07) is 0.169. The summed E-state index contributed by atoms with van der Waals surface area (Å²) < 4.78 is 8.26. The van der Waals surface area contributed by atoms with Crippen molar-refractivity contribution in [3.05, 3.63) is 16.9 Å². The number of fused-ring (bicyclic) bond motifs is 1. The standard InChI is InChI=1S/C12H17BrN2O3/c13-9-4-14-15(5-9)10-1-2-11(6-16)7-18-8-12(11,17)3-10/h4-5,10,16-17H,1-3,6-8H2/t10?,11-,12+/m1/s1. The van der Waals surface area contributed by atoms with Crippen molar-refractivity contribution in [3.63, 3.8) is 0 Å². The van der Waals surface area contributed by atoms with E-state index < -0.39 is 11.0 Å². The van der Waals surface area contributed by atoms with E-state index in [9.17, 15) is 10.2 Å². The number of aliphatic hydroxyl groups is 2. The molecular formula is C12H17BrN2O3. The average Bonchev–Trinajstić information content (AvgIpc) is 2.91. The van der Waals surface area contributed by atoms with Crippen LogP contribution in [0.15, 0.2) is 16.9 Å². The van der Waals surface area contributed by atoms with Crippen molar-refractivity contribution in [1.82, 2.24) is 9.78 Å². The van der Waals surface area contributed by atoms with Crippen LogP contribution >= 0.6 is 15.9 Å². The third kappa shape index (κ3) is 1.74. The Morgan fingerprint density at radius 1 is 1.56 bits per heavy atom. The molecule has 0 aromatic carbocycles. The second-order valence-corrected chi connectivity index (χ2v) is 6.41. The van der Waals surface area contributed by atoms with Gasteiger partial charge >= 0.3 is 0 Å². The molecule has 1 saturated heterocycles. The van der Waals surface area contributed by atoms with E-state index in [1.54, 1.807) is 6.20 Å². The van der Waals surface area contributed by atoms with Crippen molar-refractivity contribution < 1.29 is 14.9 Å². The maximum atomic E-state index is 10.8. The van der Waals surface area contributed by atoms with Crippen LogP contribution in [0.3, 0.4) is 0 Å². The summed E-state index contributed by atoms with van der Waals surface area (Å²) in [4.78, 5) is 0. The van der Waals surface area contributed by atoms with Gasteiger partial charge in [0.15, 0.2) is 0 Å². The highest BCUT2D eigenvalue weighted by atomic mass is 79.9. The Bertz CT molecular complexity index is 452. The number of ether oxygens (including phenoxy) is 1. The Morgan fingerprint density at radius 3 is 3.06 bits per heavy atom. The van der Waals surface area contributed by atoms with Crippen LogP contribution in [0.4, 0.5) is 0 Å². The Morgan fingerprint density at radius 2 is 2.39 bits per heavy atom. The second kappa shape index (κ2) is 4.30. The van der Waals surface area contributed by atoms with Gasteiger partial charge in [0.25, 0.3) is 0 Å². The minimum Gasteiger partial charge on any atom is -0.396 e. The zero-order valence-corrected chi connectivity index (χ0v) is 11.6. The van der Waals surface area contributed by atoms with Crippen LogP contribution in [0.2, 0.25) is 0 Å². The first-order valence-electron chi connectivity index (χ1n) is 6.19. The van der Waals surface area contributed by atoms with Gasteiger partial charge < -0.3 is 14.9 Å². The molecule has 1 aromatic rings. The van der Waals surface area contributed by atoms with Crippen LogP contribution in [-0.2, 0) is 4.74 Å². The Kier molecular flexibility index (Phi) is 3.01. The van der Waals surface area contributed by atoms with Gasteiger partial charge in [-0.3, -0.25) is 4.68 Å². The first-order chi connectivity index (χ1) is 8.59. The highest BCUT2D eigenvalue weighted by Crippen LogP contribution is 2.51. The minimum absolute atomic E-state index is 0.0149. The third-order valence-corrected chi connectivity index (χ3v) is 4.89. The van der Waals surface area contributed by atoms with Crippen LogP contribution in [0.25, 0.3) is 0 Å². The van der Waals surface area contributed by atoms with Gasteiger partial charge in [-0.05, 0) is 28.8 Å². The van der Waals surface area contributed by atoms with Crippen molar-refractivity contribution in [1.29, 1.82) is 0 Å². The lowest BCUT2D eigenvalue weighted by molar-refractivity contribution is -0.114. The molecular weight excluding hydrogens is 300 g/mol. The smallest absolute Gasteiger partial charge is 0.1000 e. The van der Waals surface area contributed by atoms with E-state index in [0.717, 1.165) is 17.3 Å². The summed E-state index contributed by atoms with van der Waals surface area (Å²) in [5.74, 6) is 0. The molecule has 1 unspecified atom stereocenters. The van der Waals surface area contributed by atoms with E-state index in [2.05, 4.69) is 21.0 Å². The molecule has 0 radical (unpaired) electrons. The van der Waals surface area contributed by atoms with Gasteiger partial charge in [0.05, 0.1) is 42.1 Å².